The second-order valence-corrected chi connectivity index (χ2v) is 7.01. The average molecular weight is 415 g/mol. The van der Waals surface area contributed by atoms with Gasteiger partial charge in [0, 0.05) is 22.0 Å². The molecule has 144 valence electrons. The fourth-order valence-electron chi connectivity index (χ4n) is 2.47. The minimum atomic E-state index is -0.259. The molecule has 3 rings (SSSR count). The van der Waals surface area contributed by atoms with Crippen LogP contribution in [0.5, 0.6) is 11.5 Å². The molecule has 1 heterocycles. The van der Waals surface area contributed by atoms with Gasteiger partial charge in [-0.25, -0.2) is 4.98 Å². The highest BCUT2D eigenvalue weighted by molar-refractivity contribution is 7.14. The Kier molecular flexibility index (Phi) is 6.68. The minimum absolute atomic E-state index is 0.259. The van der Waals surface area contributed by atoms with Crippen LogP contribution in [0.15, 0.2) is 53.9 Å². The summed E-state index contributed by atoms with van der Waals surface area (Å²) in [5.74, 6) is 1.03. The van der Waals surface area contributed by atoms with Gasteiger partial charge in [0.15, 0.2) is 16.6 Å². The van der Waals surface area contributed by atoms with Crippen molar-refractivity contribution in [3.8, 4) is 22.8 Å². The summed E-state index contributed by atoms with van der Waals surface area (Å²) in [5.41, 5.74) is 2.56. The first kappa shape index (κ1) is 19.9. The van der Waals surface area contributed by atoms with E-state index in [1.165, 1.54) is 17.4 Å². The predicted molar refractivity (Wildman–Crippen MR) is 114 cm³/mol. The van der Waals surface area contributed by atoms with Crippen molar-refractivity contribution in [1.29, 1.82) is 0 Å². The average Bonchev–Trinajstić information content (AvgIpc) is 3.16. The molecule has 0 spiro atoms. The largest absolute Gasteiger partial charge is 0.493 e. The van der Waals surface area contributed by atoms with Crippen LogP contribution in [0.25, 0.3) is 17.3 Å². The number of nitrogens with one attached hydrogen (secondary N) is 1. The molecule has 0 saturated carbocycles. The molecule has 0 radical (unpaired) electrons. The zero-order valence-corrected chi connectivity index (χ0v) is 17.0. The number of hydrogen-bond donors (Lipinski definition) is 1. The van der Waals surface area contributed by atoms with E-state index in [0.717, 1.165) is 16.8 Å². The molecule has 2 aromatic carbocycles. The van der Waals surface area contributed by atoms with Gasteiger partial charge in [0.25, 0.3) is 0 Å². The van der Waals surface area contributed by atoms with E-state index in [2.05, 4.69) is 10.3 Å². The summed E-state index contributed by atoms with van der Waals surface area (Å²) in [6, 6.07) is 12.9. The maximum Gasteiger partial charge on any atom is 0.250 e. The zero-order valence-electron chi connectivity index (χ0n) is 15.4. The number of nitrogens with zero attached hydrogens (tertiary/aromatic N) is 1. The molecule has 0 bridgehead atoms. The number of methoxy groups -OCH3 is 1. The first-order valence-electron chi connectivity index (χ1n) is 8.60. The topological polar surface area (TPSA) is 60.5 Å². The third-order valence-electron chi connectivity index (χ3n) is 3.79. The molecule has 28 heavy (non-hydrogen) atoms. The minimum Gasteiger partial charge on any atom is -0.493 e. The molecule has 7 heteroatoms. The molecule has 0 unspecified atom stereocenters. The molecule has 0 aliphatic heterocycles. The van der Waals surface area contributed by atoms with Gasteiger partial charge >= 0.3 is 0 Å². The molecule has 0 aliphatic rings. The maximum absolute atomic E-state index is 12.2. The number of ether oxygens (including phenoxy) is 2. The van der Waals surface area contributed by atoms with E-state index in [0.29, 0.717) is 28.3 Å². The van der Waals surface area contributed by atoms with Crippen LogP contribution in [0.1, 0.15) is 12.5 Å². The number of halogens is 1. The van der Waals surface area contributed by atoms with E-state index in [-0.39, 0.29) is 5.91 Å². The van der Waals surface area contributed by atoms with E-state index in [1.807, 2.05) is 54.8 Å². The molecule has 1 aromatic heterocycles. The van der Waals surface area contributed by atoms with Gasteiger partial charge in [0.1, 0.15) is 0 Å². The summed E-state index contributed by atoms with van der Waals surface area (Å²) in [7, 11) is 1.58. The van der Waals surface area contributed by atoms with Crippen LogP contribution in [0.3, 0.4) is 0 Å². The van der Waals surface area contributed by atoms with Gasteiger partial charge in [-0.3, -0.25) is 10.1 Å². The van der Waals surface area contributed by atoms with Crippen LogP contribution in [0.4, 0.5) is 5.13 Å². The first-order chi connectivity index (χ1) is 13.6. The van der Waals surface area contributed by atoms with Crippen LogP contribution in [0.2, 0.25) is 5.02 Å². The Labute approximate surface area is 172 Å². The summed E-state index contributed by atoms with van der Waals surface area (Å²) < 4.78 is 10.8. The summed E-state index contributed by atoms with van der Waals surface area (Å²) >= 11 is 7.27. The number of benzene rings is 2. The molecular formula is C21H19ClN2O3S. The van der Waals surface area contributed by atoms with E-state index in [4.69, 9.17) is 21.1 Å². The van der Waals surface area contributed by atoms with Crippen molar-refractivity contribution in [1.82, 2.24) is 4.98 Å². The Hall–Kier alpha value is -2.83. The van der Waals surface area contributed by atoms with Crippen molar-refractivity contribution in [3.05, 3.63) is 64.5 Å². The second-order valence-electron chi connectivity index (χ2n) is 5.71. The Morgan fingerprint density at radius 3 is 2.71 bits per heavy atom. The molecular weight excluding hydrogens is 396 g/mol. The summed E-state index contributed by atoms with van der Waals surface area (Å²) in [5, 5.41) is 5.86. The van der Waals surface area contributed by atoms with Gasteiger partial charge in [0.05, 0.1) is 19.4 Å². The number of hydrogen-bond acceptors (Lipinski definition) is 5. The van der Waals surface area contributed by atoms with E-state index in [9.17, 15) is 4.79 Å². The van der Waals surface area contributed by atoms with Crippen molar-refractivity contribution < 1.29 is 14.3 Å². The highest BCUT2D eigenvalue weighted by Crippen LogP contribution is 2.29. The monoisotopic (exact) mass is 414 g/mol. The number of aromatic nitrogens is 1. The van der Waals surface area contributed by atoms with Gasteiger partial charge in [-0.05, 0) is 42.8 Å². The normalized spacial score (nSPS) is 10.8. The third-order valence-corrected chi connectivity index (χ3v) is 4.80. The highest BCUT2D eigenvalue weighted by atomic mass is 35.5. The Bertz CT molecular complexity index is 984. The SMILES string of the molecule is CCOc1ccc(/C=C/C(=O)Nc2nc(-c3ccc(Cl)cc3)cs2)cc1OC. The van der Waals surface area contributed by atoms with Crippen LogP contribution in [0, 0.1) is 0 Å². The fraction of sp³-hybridized carbons (Fsp3) is 0.143. The van der Waals surface area contributed by atoms with Gasteiger partial charge in [-0.1, -0.05) is 29.8 Å². The Morgan fingerprint density at radius 2 is 2.00 bits per heavy atom. The van der Waals surface area contributed by atoms with Crippen LogP contribution in [-0.4, -0.2) is 24.6 Å². The molecule has 5 nitrogen and oxygen atoms in total. The van der Waals surface area contributed by atoms with Crippen molar-refractivity contribution in [2.45, 2.75) is 6.92 Å². The molecule has 1 amide bonds. The summed E-state index contributed by atoms with van der Waals surface area (Å²) in [4.78, 5) is 16.6. The van der Waals surface area contributed by atoms with Crippen molar-refractivity contribution in [2.75, 3.05) is 19.0 Å². The van der Waals surface area contributed by atoms with E-state index < -0.39 is 0 Å². The molecule has 0 saturated heterocycles. The van der Waals surface area contributed by atoms with Gasteiger partial charge in [-0.15, -0.1) is 11.3 Å². The fourth-order valence-corrected chi connectivity index (χ4v) is 3.31. The van der Waals surface area contributed by atoms with Crippen LogP contribution < -0.4 is 14.8 Å². The molecule has 1 N–H and O–H groups in total. The third kappa shape index (κ3) is 5.12. The lowest BCUT2D eigenvalue weighted by atomic mass is 10.2. The maximum atomic E-state index is 12.2. The van der Waals surface area contributed by atoms with Crippen LogP contribution >= 0.6 is 22.9 Å². The highest BCUT2D eigenvalue weighted by Gasteiger charge is 2.07. The zero-order chi connectivity index (χ0) is 19.9. The number of carbonyl (C=O) groups is 1. The Morgan fingerprint density at radius 1 is 1.21 bits per heavy atom. The molecule has 3 aromatic rings. The van der Waals surface area contributed by atoms with Crippen LogP contribution in [-0.2, 0) is 4.79 Å². The van der Waals surface area contributed by atoms with Crippen molar-refractivity contribution >= 4 is 40.1 Å². The lowest BCUT2D eigenvalue weighted by Crippen LogP contribution is -2.07. The van der Waals surface area contributed by atoms with Crippen molar-refractivity contribution in [2.24, 2.45) is 0 Å². The first-order valence-corrected chi connectivity index (χ1v) is 9.86. The summed E-state index contributed by atoms with van der Waals surface area (Å²) in [6.07, 6.45) is 3.17. The Balaban J connectivity index is 1.65. The lowest BCUT2D eigenvalue weighted by Gasteiger charge is -2.09. The molecule has 0 atom stereocenters. The standard InChI is InChI=1S/C21H19ClN2O3S/c1-3-27-18-10-4-14(12-19(18)26-2)5-11-20(25)24-21-23-17(13-28-21)15-6-8-16(22)9-7-15/h4-13H,3H2,1-2H3,(H,23,24,25)/b11-5+. The molecule has 0 fully saturated rings. The lowest BCUT2D eigenvalue weighted by molar-refractivity contribution is -0.111. The van der Waals surface area contributed by atoms with E-state index in [1.54, 1.807) is 13.2 Å². The van der Waals surface area contributed by atoms with Gasteiger partial charge in [0.2, 0.25) is 5.91 Å². The summed E-state index contributed by atoms with van der Waals surface area (Å²) in [6.45, 7) is 2.47. The number of anilines is 1. The predicted octanol–water partition coefficient (Wildman–Crippen LogP) is 5.52. The number of carbonyl (C=O) groups excluding carboxylic acids is 1. The quantitative estimate of drug-likeness (QED) is 0.517. The van der Waals surface area contributed by atoms with E-state index >= 15 is 0 Å². The van der Waals surface area contributed by atoms with Gasteiger partial charge < -0.3 is 9.47 Å². The smallest absolute Gasteiger partial charge is 0.250 e. The van der Waals surface area contributed by atoms with Gasteiger partial charge in [-0.2, -0.15) is 0 Å². The number of amides is 1. The van der Waals surface area contributed by atoms with Crippen molar-refractivity contribution in [3.63, 3.8) is 0 Å². The number of rotatable bonds is 7. The second kappa shape index (κ2) is 9.39. The molecule has 0 aliphatic carbocycles. The number of thiazole rings is 1.